The lowest BCUT2D eigenvalue weighted by molar-refractivity contribution is -0.161. The number of unbranched alkanes of at least 4 members (excludes halogenated alkanes) is 22. The van der Waals surface area contributed by atoms with Gasteiger partial charge in [0.05, 0.1) is 13.2 Å². The van der Waals surface area contributed by atoms with Gasteiger partial charge in [-0.3, -0.25) is 18.6 Å². The van der Waals surface area contributed by atoms with Gasteiger partial charge in [0.15, 0.2) is 6.10 Å². The summed E-state index contributed by atoms with van der Waals surface area (Å²) in [4.78, 5) is 34.9. The fourth-order valence-electron chi connectivity index (χ4n) is 6.29. The number of allylic oxidation sites excluding steroid dienone is 8. The third-order valence-corrected chi connectivity index (χ3v) is 10.7. The Kier molecular flexibility index (Phi) is 42.0. The van der Waals surface area contributed by atoms with E-state index < -0.39 is 32.5 Å². The van der Waals surface area contributed by atoms with E-state index in [4.69, 9.17) is 24.3 Å². The van der Waals surface area contributed by atoms with Gasteiger partial charge in [0.1, 0.15) is 6.61 Å². The van der Waals surface area contributed by atoms with E-state index in [0.717, 1.165) is 70.6 Å². The molecule has 9 nitrogen and oxygen atoms in total. The van der Waals surface area contributed by atoms with E-state index >= 15 is 0 Å². The molecule has 332 valence electrons. The molecule has 2 unspecified atom stereocenters. The molecule has 57 heavy (non-hydrogen) atoms. The summed E-state index contributed by atoms with van der Waals surface area (Å²) < 4.78 is 32.8. The molecule has 0 fully saturated rings. The third kappa shape index (κ3) is 43.4. The number of esters is 2. The van der Waals surface area contributed by atoms with Gasteiger partial charge in [-0.15, -0.1) is 0 Å². The lowest BCUT2D eigenvalue weighted by Crippen LogP contribution is -2.29. The highest BCUT2D eigenvalue weighted by Crippen LogP contribution is 2.43. The quantitative estimate of drug-likeness (QED) is 0.0267. The number of hydrogen-bond donors (Lipinski definition) is 2. The van der Waals surface area contributed by atoms with Crippen LogP contribution in [0.5, 0.6) is 0 Å². The van der Waals surface area contributed by atoms with Gasteiger partial charge in [-0.25, -0.2) is 4.57 Å². The van der Waals surface area contributed by atoms with Crippen LogP contribution in [-0.2, 0) is 32.7 Å². The largest absolute Gasteiger partial charge is 0.472 e. The smallest absolute Gasteiger partial charge is 0.462 e. The van der Waals surface area contributed by atoms with E-state index in [1.54, 1.807) is 0 Å². The molecule has 0 aromatic carbocycles. The van der Waals surface area contributed by atoms with Crippen LogP contribution < -0.4 is 5.73 Å². The topological polar surface area (TPSA) is 134 Å². The SMILES string of the molecule is CCC=CCC=CCC=CCCCCCCCC(=O)OCC(COP(=O)(O)OCCN)OC(=O)CCCCCCCCCCCCCC=CCCCCCCCC. The first kappa shape index (κ1) is 55.0. The van der Waals surface area contributed by atoms with Crippen LogP contribution in [0.25, 0.3) is 0 Å². The maximum atomic E-state index is 12.6. The minimum Gasteiger partial charge on any atom is -0.462 e. The summed E-state index contributed by atoms with van der Waals surface area (Å²) in [6, 6.07) is 0. The lowest BCUT2D eigenvalue weighted by atomic mass is 10.0. The van der Waals surface area contributed by atoms with Gasteiger partial charge in [0, 0.05) is 19.4 Å². The number of carbonyl (C=O) groups is 2. The highest BCUT2D eigenvalue weighted by molar-refractivity contribution is 7.47. The van der Waals surface area contributed by atoms with Crippen LogP contribution >= 0.6 is 7.82 Å². The highest BCUT2D eigenvalue weighted by Gasteiger charge is 2.26. The first-order valence-electron chi connectivity index (χ1n) is 23.1. The van der Waals surface area contributed by atoms with Crippen molar-refractivity contribution >= 4 is 19.8 Å². The summed E-state index contributed by atoms with van der Waals surface area (Å²) in [7, 11) is -4.38. The summed E-state index contributed by atoms with van der Waals surface area (Å²) in [5.41, 5.74) is 5.35. The van der Waals surface area contributed by atoms with Crippen LogP contribution in [0, 0.1) is 0 Å². The highest BCUT2D eigenvalue weighted by atomic mass is 31.2. The Morgan fingerprint density at radius 3 is 1.46 bits per heavy atom. The molecule has 0 rings (SSSR count). The molecule has 3 N–H and O–H groups in total. The van der Waals surface area contributed by atoms with Crippen molar-refractivity contribution < 1.29 is 37.6 Å². The molecule has 0 saturated carbocycles. The standard InChI is InChI=1S/C47H86NO8P/c1-3-5-7-9-11-13-15-17-19-20-21-22-23-24-26-28-30-32-34-36-38-40-47(50)56-45(44-55-57(51,52)54-42-41-48)43-53-46(49)39-37-35-33-31-29-27-25-18-16-14-12-10-8-6-4-2/h6,8,12,14,17-19,25,45H,3-5,7,9-11,13,15-16,20-24,26-44,48H2,1-2H3,(H,51,52). The molecule has 0 aromatic rings. The number of hydrogen-bond acceptors (Lipinski definition) is 8. The minimum atomic E-state index is -4.38. The zero-order chi connectivity index (χ0) is 41.8. The molecule has 10 heteroatoms. The van der Waals surface area contributed by atoms with Crippen molar-refractivity contribution in [3.05, 3.63) is 48.6 Å². The van der Waals surface area contributed by atoms with E-state index in [1.807, 2.05) is 0 Å². The predicted octanol–water partition coefficient (Wildman–Crippen LogP) is 13.5. The van der Waals surface area contributed by atoms with Crippen LogP contribution in [0.2, 0.25) is 0 Å². The van der Waals surface area contributed by atoms with Gasteiger partial charge in [-0.2, -0.15) is 0 Å². The van der Waals surface area contributed by atoms with E-state index in [0.29, 0.717) is 12.8 Å². The summed E-state index contributed by atoms with van der Waals surface area (Å²) in [6.45, 7) is 3.61. The maximum absolute atomic E-state index is 12.6. The van der Waals surface area contributed by atoms with Crippen molar-refractivity contribution in [1.29, 1.82) is 0 Å². The molecule has 0 amide bonds. The van der Waals surface area contributed by atoms with Crippen molar-refractivity contribution in [1.82, 2.24) is 0 Å². The second-order valence-electron chi connectivity index (χ2n) is 15.2. The number of ether oxygens (including phenoxy) is 2. The molecule has 0 radical (unpaired) electrons. The summed E-state index contributed by atoms with van der Waals surface area (Å²) in [6.07, 6.45) is 50.0. The number of phosphoric ester groups is 1. The molecule has 0 aliphatic rings. The fraction of sp³-hybridized carbons (Fsp3) is 0.787. The van der Waals surface area contributed by atoms with Crippen molar-refractivity contribution in [2.24, 2.45) is 5.73 Å². The zero-order valence-corrected chi connectivity index (χ0v) is 37.5. The summed E-state index contributed by atoms with van der Waals surface area (Å²) in [5, 5.41) is 0. The number of carbonyl (C=O) groups excluding carboxylic acids is 2. The van der Waals surface area contributed by atoms with Gasteiger partial charge in [-0.05, 0) is 70.6 Å². The van der Waals surface area contributed by atoms with Gasteiger partial charge in [0.2, 0.25) is 0 Å². The van der Waals surface area contributed by atoms with Crippen molar-refractivity contribution in [2.75, 3.05) is 26.4 Å². The number of rotatable bonds is 43. The Hall–Kier alpha value is -2.03. The lowest BCUT2D eigenvalue weighted by Gasteiger charge is -2.19. The minimum absolute atomic E-state index is 0.0497. The number of phosphoric acid groups is 1. The molecule has 2 atom stereocenters. The zero-order valence-electron chi connectivity index (χ0n) is 36.6. The Morgan fingerprint density at radius 2 is 0.965 bits per heavy atom. The van der Waals surface area contributed by atoms with Gasteiger partial charge in [-0.1, -0.05) is 172 Å². The summed E-state index contributed by atoms with van der Waals surface area (Å²) >= 11 is 0. The first-order chi connectivity index (χ1) is 27.8. The van der Waals surface area contributed by atoms with Crippen LogP contribution in [0.4, 0.5) is 0 Å². The second kappa shape index (κ2) is 43.5. The molecule has 0 aliphatic carbocycles. The fourth-order valence-corrected chi connectivity index (χ4v) is 7.06. The summed E-state index contributed by atoms with van der Waals surface area (Å²) in [5.74, 6) is -0.847. The van der Waals surface area contributed by atoms with Crippen LogP contribution in [0.1, 0.15) is 206 Å². The monoisotopic (exact) mass is 824 g/mol. The van der Waals surface area contributed by atoms with E-state index in [9.17, 15) is 19.0 Å². The van der Waals surface area contributed by atoms with Crippen LogP contribution in [0.15, 0.2) is 48.6 Å². The van der Waals surface area contributed by atoms with Gasteiger partial charge in [0.25, 0.3) is 0 Å². The molecule has 0 aliphatic heterocycles. The third-order valence-electron chi connectivity index (χ3n) is 9.70. The molecule has 0 spiro atoms. The molecular weight excluding hydrogens is 737 g/mol. The Labute approximate surface area is 349 Å². The van der Waals surface area contributed by atoms with Gasteiger partial charge < -0.3 is 20.1 Å². The molecule has 0 bridgehead atoms. The Balaban J connectivity index is 4.10. The van der Waals surface area contributed by atoms with E-state index in [1.165, 1.54) is 96.3 Å². The average Bonchev–Trinajstić information content (AvgIpc) is 3.20. The second-order valence-corrected chi connectivity index (χ2v) is 16.7. The molecule has 0 aromatic heterocycles. The van der Waals surface area contributed by atoms with Crippen molar-refractivity contribution in [2.45, 2.75) is 213 Å². The first-order valence-corrected chi connectivity index (χ1v) is 24.6. The molecule has 0 heterocycles. The van der Waals surface area contributed by atoms with Crippen LogP contribution in [-0.4, -0.2) is 49.3 Å². The van der Waals surface area contributed by atoms with E-state index in [2.05, 4.69) is 62.5 Å². The molecule has 0 saturated heterocycles. The van der Waals surface area contributed by atoms with Gasteiger partial charge >= 0.3 is 19.8 Å². The van der Waals surface area contributed by atoms with Crippen LogP contribution in [0.3, 0.4) is 0 Å². The average molecular weight is 824 g/mol. The predicted molar refractivity (Wildman–Crippen MR) is 238 cm³/mol. The maximum Gasteiger partial charge on any atom is 0.472 e. The van der Waals surface area contributed by atoms with Crippen molar-refractivity contribution in [3.63, 3.8) is 0 Å². The Bertz CT molecular complexity index is 1080. The Morgan fingerprint density at radius 1 is 0.544 bits per heavy atom. The number of nitrogens with two attached hydrogens (primary N) is 1. The molecular formula is C47H86NO8P. The normalized spacial score (nSPS) is 13.7. The van der Waals surface area contributed by atoms with Crippen molar-refractivity contribution in [3.8, 4) is 0 Å². The van der Waals surface area contributed by atoms with E-state index in [-0.39, 0.29) is 32.6 Å².